The van der Waals surface area contributed by atoms with E-state index in [0.717, 1.165) is 62.5 Å². The van der Waals surface area contributed by atoms with E-state index in [0.29, 0.717) is 24.9 Å². The Hall–Kier alpha value is -2.54. The first-order valence-corrected chi connectivity index (χ1v) is 10.8. The molecule has 1 saturated heterocycles. The van der Waals surface area contributed by atoms with Crippen molar-refractivity contribution in [1.82, 2.24) is 5.32 Å². The van der Waals surface area contributed by atoms with Crippen molar-refractivity contribution in [3.05, 3.63) is 65.2 Å². The third-order valence-corrected chi connectivity index (χ3v) is 6.40. The molecule has 0 bridgehead atoms. The highest BCUT2D eigenvalue weighted by molar-refractivity contribution is 5.88. The van der Waals surface area contributed by atoms with Crippen LogP contribution >= 0.6 is 0 Å². The number of amides is 1. The molecule has 0 radical (unpaired) electrons. The van der Waals surface area contributed by atoms with Gasteiger partial charge in [-0.1, -0.05) is 43.2 Å². The Morgan fingerprint density at radius 1 is 1.03 bits per heavy atom. The molecular weight excluding hydrogens is 405 g/mol. The minimum absolute atomic E-state index is 0.193. The first-order chi connectivity index (χ1) is 14.9. The van der Waals surface area contributed by atoms with Crippen LogP contribution in [0.1, 0.15) is 42.4 Å². The minimum atomic E-state index is -4.42. The quantitative estimate of drug-likeness (QED) is 0.747. The normalized spacial score (nSPS) is 18.7. The highest BCUT2D eigenvalue weighted by Gasteiger charge is 2.43. The molecule has 1 aliphatic heterocycles. The van der Waals surface area contributed by atoms with Gasteiger partial charge in [0.05, 0.1) is 24.2 Å². The minimum Gasteiger partial charge on any atom is -0.378 e. The topological polar surface area (TPSA) is 41.6 Å². The maximum absolute atomic E-state index is 13.2. The number of carbonyl (C=O) groups is 1. The number of rotatable bonds is 5. The molecule has 2 aromatic rings. The Labute approximate surface area is 180 Å². The smallest absolute Gasteiger partial charge is 0.378 e. The number of hydrogen-bond donors (Lipinski definition) is 1. The van der Waals surface area contributed by atoms with Crippen molar-refractivity contribution in [3.63, 3.8) is 0 Å². The van der Waals surface area contributed by atoms with E-state index in [9.17, 15) is 18.0 Å². The number of halogens is 3. The molecule has 166 valence electrons. The van der Waals surface area contributed by atoms with E-state index in [1.54, 1.807) is 6.07 Å². The lowest BCUT2D eigenvalue weighted by atomic mass is 9.77. The zero-order valence-corrected chi connectivity index (χ0v) is 17.4. The number of nitrogens with zero attached hydrogens (tertiary/aromatic N) is 1. The molecule has 0 spiro atoms. The number of nitrogens with one attached hydrogen (secondary N) is 1. The second-order valence-corrected chi connectivity index (χ2v) is 8.32. The summed E-state index contributed by atoms with van der Waals surface area (Å²) in [6.07, 6.45) is -1.63. The van der Waals surface area contributed by atoms with Gasteiger partial charge in [-0.15, -0.1) is 0 Å². The fraction of sp³-hybridized carbons (Fsp3) is 0.458. The van der Waals surface area contributed by atoms with Gasteiger partial charge in [0.25, 0.3) is 0 Å². The molecule has 1 amide bonds. The van der Waals surface area contributed by atoms with Crippen molar-refractivity contribution in [2.24, 2.45) is 0 Å². The van der Waals surface area contributed by atoms with E-state index in [4.69, 9.17) is 4.74 Å². The van der Waals surface area contributed by atoms with Gasteiger partial charge >= 0.3 is 6.18 Å². The lowest BCUT2D eigenvalue weighted by Gasteiger charge is -2.29. The van der Waals surface area contributed by atoms with Crippen LogP contribution in [0, 0.1) is 0 Å². The molecule has 31 heavy (non-hydrogen) atoms. The summed E-state index contributed by atoms with van der Waals surface area (Å²) in [5, 5.41) is 2.98. The van der Waals surface area contributed by atoms with E-state index in [1.807, 2.05) is 24.3 Å². The van der Waals surface area contributed by atoms with Crippen LogP contribution in [0.5, 0.6) is 0 Å². The predicted octanol–water partition coefficient (Wildman–Crippen LogP) is 4.67. The Bertz CT molecular complexity index is 900. The van der Waals surface area contributed by atoms with Crippen LogP contribution in [0.2, 0.25) is 0 Å². The van der Waals surface area contributed by atoms with Crippen molar-refractivity contribution >= 4 is 11.6 Å². The van der Waals surface area contributed by atoms with E-state index < -0.39 is 17.2 Å². The van der Waals surface area contributed by atoms with Crippen molar-refractivity contribution in [3.8, 4) is 0 Å². The fourth-order valence-corrected chi connectivity index (χ4v) is 4.62. The predicted molar refractivity (Wildman–Crippen MR) is 113 cm³/mol. The van der Waals surface area contributed by atoms with E-state index in [2.05, 4.69) is 10.2 Å². The summed E-state index contributed by atoms with van der Waals surface area (Å²) in [4.78, 5) is 15.5. The SMILES string of the molecule is O=C(NCc1ccc(N2CCOCC2)cc1)C1(c2cccc(C(F)(F)F)c2)CCCC1. The van der Waals surface area contributed by atoms with E-state index >= 15 is 0 Å². The molecule has 0 aromatic heterocycles. The van der Waals surface area contributed by atoms with Crippen LogP contribution in [0.15, 0.2) is 48.5 Å². The number of alkyl halides is 3. The molecule has 7 heteroatoms. The van der Waals surface area contributed by atoms with Crippen LogP contribution < -0.4 is 10.2 Å². The van der Waals surface area contributed by atoms with Gasteiger partial charge in [-0.25, -0.2) is 0 Å². The molecular formula is C24H27F3N2O2. The summed E-state index contributed by atoms with van der Waals surface area (Å²) in [6, 6.07) is 13.3. The molecule has 4 rings (SSSR count). The van der Waals surface area contributed by atoms with Crippen molar-refractivity contribution in [2.75, 3.05) is 31.2 Å². The van der Waals surface area contributed by atoms with Gasteiger partial charge in [0, 0.05) is 25.3 Å². The maximum Gasteiger partial charge on any atom is 0.416 e. The fourth-order valence-electron chi connectivity index (χ4n) is 4.62. The number of anilines is 1. The zero-order valence-electron chi connectivity index (χ0n) is 17.4. The largest absolute Gasteiger partial charge is 0.416 e. The Balaban J connectivity index is 1.46. The first-order valence-electron chi connectivity index (χ1n) is 10.8. The van der Waals surface area contributed by atoms with Gasteiger partial charge in [0.1, 0.15) is 0 Å². The molecule has 2 aromatic carbocycles. The van der Waals surface area contributed by atoms with Gasteiger partial charge in [-0.2, -0.15) is 13.2 Å². The number of morpholine rings is 1. The average molecular weight is 432 g/mol. The summed E-state index contributed by atoms with van der Waals surface area (Å²) in [6.45, 7) is 3.50. The Morgan fingerprint density at radius 3 is 2.35 bits per heavy atom. The monoisotopic (exact) mass is 432 g/mol. The number of carbonyl (C=O) groups excluding carboxylic acids is 1. The molecule has 1 heterocycles. The van der Waals surface area contributed by atoms with Gasteiger partial charge in [0.15, 0.2) is 0 Å². The van der Waals surface area contributed by atoms with Gasteiger partial charge in [-0.3, -0.25) is 4.79 Å². The summed E-state index contributed by atoms with van der Waals surface area (Å²) in [5.41, 5.74) is 0.939. The lowest BCUT2D eigenvalue weighted by Crippen LogP contribution is -2.42. The average Bonchev–Trinajstić information content (AvgIpc) is 3.29. The molecule has 1 N–H and O–H groups in total. The van der Waals surface area contributed by atoms with Crippen LogP contribution in [-0.2, 0) is 27.7 Å². The van der Waals surface area contributed by atoms with Crippen LogP contribution in [0.4, 0.5) is 18.9 Å². The molecule has 0 unspecified atom stereocenters. The second-order valence-electron chi connectivity index (χ2n) is 8.32. The van der Waals surface area contributed by atoms with Gasteiger partial charge < -0.3 is 15.0 Å². The summed E-state index contributed by atoms with van der Waals surface area (Å²) in [7, 11) is 0. The first kappa shape index (κ1) is 21.7. The van der Waals surface area contributed by atoms with Crippen molar-refractivity contribution < 1.29 is 22.7 Å². The molecule has 2 fully saturated rings. The van der Waals surface area contributed by atoms with Gasteiger partial charge in [0.2, 0.25) is 5.91 Å². The van der Waals surface area contributed by atoms with Crippen LogP contribution in [-0.4, -0.2) is 32.2 Å². The molecule has 2 aliphatic rings. The van der Waals surface area contributed by atoms with E-state index in [-0.39, 0.29) is 5.91 Å². The second kappa shape index (κ2) is 8.91. The summed E-state index contributed by atoms with van der Waals surface area (Å²) < 4.78 is 45.0. The third kappa shape index (κ3) is 4.71. The molecule has 0 atom stereocenters. The highest BCUT2D eigenvalue weighted by Crippen LogP contribution is 2.43. The van der Waals surface area contributed by atoms with Gasteiger partial charge in [-0.05, 0) is 42.2 Å². The number of hydrogen-bond acceptors (Lipinski definition) is 3. The maximum atomic E-state index is 13.2. The molecule has 1 aliphatic carbocycles. The summed E-state index contributed by atoms with van der Waals surface area (Å²) in [5.74, 6) is -0.193. The summed E-state index contributed by atoms with van der Waals surface area (Å²) >= 11 is 0. The number of ether oxygens (including phenoxy) is 1. The highest BCUT2D eigenvalue weighted by atomic mass is 19.4. The van der Waals surface area contributed by atoms with E-state index in [1.165, 1.54) is 6.07 Å². The van der Waals surface area contributed by atoms with Crippen molar-refractivity contribution in [1.29, 1.82) is 0 Å². The molecule has 1 saturated carbocycles. The number of benzene rings is 2. The van der Waals surface area contributed by atoms with Crippen LogP contribution in [0.25, 0.3) is 0 Å². The zero-order chi connectivity index (χ0) is 21.9. The Kier molecular flexibility index (Phi) is 6.23. The lowest BCUT2D eigenvalue weighted by molar-refractivity contribution is -0.138. The standard InChI is InChI=1S/C24H27F3N2O2/c25-24(26,27)20-5-3-4-19(16-20)23(10-1-2-11-23)22(30)28-17-18-6-8-21(9-7-18)29-12-14-31-15-13-29/h3-9,16H,1-2,10-15,17H2,(H,28,30). The molecule has 4 nitrogen and oxygen atoms in total. The van der Waals surface area contributed by atoms with Crippen LogP contribution in [0.3, 0.4) is 0 Å². The van der Waals surface area contributed by atoms with Crippen molar-refractivity contribution in [2.45, 2.75) is 43.8 Å². The third-order valence-electron chi connectivity index (χ3n) is 6.40. The Morgan fingerprint density at radius 2 is 1.71 bits per heavy atom.